The number of aromatic nitrogens is 2. The quantitative estimate of drug-likeness (QED) is 0.658. The highest BCUT2D eigenvalue weighted by Gasteiger charge is 2.20. The average molecular weight is 187 g/mol. The van der Waals surface area contributed by atoms with Crippen LogP contribution in [0.25, 0.3) is 11.0 Å². The zero-order valence-corrected chi connectivity index (χ0v) is 7.50. The molecule has 1 aliphatic heterocycles. The van der Waals surface area contributed by atoms with E-state index in [-0.39, 0.29) is 5.78 Å². The summed E-state index contributed by atoms with van der Waals surface area (Å²) in [4.78, 5) is 18.9. The monoisotopic (exact) mass is 187 g/mol. The first-order chi connectivity index (χ1) is 6.86. The van der Waals surface area contributed by atoms with Crippen LogP contribution in [0.3, 0.4) is 0 Å². The minimum Gasteiger partial charge on any atom is -0.384 e. The lowest BCUT2D eigenvalue weighted by Crippen LogP contribution is -2.18. The molecule has 0 radical (unpaired) electrons. The number of fused-ring (bicyclic) bond motifs is 3. The van der Waals surface area contributed by atoms with Gasteiger partial charge in [0.1, 0.15) is 5.52 Å². The molecule has 4 nitrogen and oxygen atoms in total. The van der Waals surface area contributed by atoms with Crippen LogP contribution in [0.1, 0.15) is 16.8 Å². The molecule has 4 heteroatoms. The highest BCUT2D eigenvalue weighted by molar-refractivity contribution is 6.12. The zero-order valence-electron chi connectivity index (χ0n) is 7.50. The van der Waals surface area contributed by atoms with Crippen molar-refractivity contribution in [2.24, 2.45) is 0 Å². The molecule has 0 atom stereocenters. The first kappa shape index (κ1) is 7.55. The third-order valence-corrected chi connectivity index (χ3v) is 2.54. The molecular formula is C10H9N3O. The number of H-pyrrole nitrogens is 1. The van der Waals surface area contributed by atoms with Gasteiger partial charge in [0, 0.05) is 18.7 Å². The van der Waals surface area contributed by atoms with Gasteiger partial charge in [-0.25, -0.2) is 4.98 Å². The summed E-state index contributed by atoms with van der Waals surface area (Å²) in [5.41, 5.74) is 3.33. The number of hydrogen-bond acceptors (Lipinski definition) is 3. The van der Waals surface area contributed by atoms with Gasteiger partial charge in [0.2, 0.25) is 0 Å². The van der Waals surface area contributed by atoms with Crippen LogP contribution in [0.5, 0.6) is 0 Å². The molecule has 3 rings (SSSR count). The van der Waals surface area contributed by atoms with E-state index in [2.05, 4.69) is 15.3 Å². The van der Waals surface area contributed by atoms with Crippen molar-refractivity contribution in [2.75, 3.05) is 11.9 Å². The van der Waals surface area contributed by atoms with Gasteiger partial charge >= 0.3 is 0 Å². The number of hydrogen-bond donors (Lipinski definition) is 2. The van der Waals surface area contributed by atoms with E-state index in [1.54, 1.807) is 6.33 Å². The van der Waals surface area contributed by atoms with Gasteiger partial charge in [0.05, 0.1) is 17.4 Å². The minimum atomic E-state index is 0.177. The molecule has 70 valence electrons. The molecule has 0 amide bonds. The Morgan fingerprint density at radius 2 is 2.29 bits per heavy atom. The Kier molecular flexibility index (Phi) is 1.39. The number of anilines is 1. The Morgan fingerprint density at radius 3 is 3.21 bits per heavy atom. The second kappa shape index (κ2) is 2.57. The van der Waals surface area contributed by atoms with Crippen molar-refractivity contribution in [3.05, 3.63) is 24.0 Å². The number of ketones is 1. The van der Waals surface area contributed by atoms with E-state index >= 15 is 0 Å². The van der Waals surface area contributed by atoms with E-state index in [0.717, 1.165) is 28.8 Å². The molecule has 0 aliphatic carbocycles. The SMILES string of the molecule is O=C1CCNc2ccc3[nH]cnc3c21. The maximum absolute atomic E-state index is 11.7. The van der Waals surface area contributed by atoms with E-state index < -0.39 is 0 Å². The zero-order chi connectivity index (χ0) is 9.54. The van der Waals surface area contributed by atoms with Crippen LogP contribution in [0.15, 0.2) is 18.5 Å². The topological polar surface area (TPSA) is 57.8 Å². The molecule has 2 heterocycles. The fourth-order valence-corrected chi connectivity index (χ4v) is 1.87. The molecular weight excluding hydrogens is 178 g/mol. The summed E-state index contributed by atoms with van der Waals surface area (Å²) in [6.45, 7) is 0.724. The van der Waals surface area contributed by atoms with Gasteiger partial charge in [-0.1, -0.05) is 0 Å². The predicted octanol–water partition coefficient (Wildman–Crippen LogP) is 1.56. The molecule has 0 fully saturated rings. The lowest BCUT2D eigenvalue weighted by molar-refractivity contribution is 0.0985. The van der Waals surface area contributed by atoms with Crippen molar-refractivity contribution in [3.8, 4) is 0 Å². The van der Waals surface area contributed by atoms with Gasteiger partial charge in [0.15, 0.2) is 5.78 Å². The van der Waals surface area contributed by atoms with Gasteiger partial charge < -0.3 is 10.3 Å². The number of nitrogens with one attached hydrogen (secondary N) is 2. The van der Waals surface area contributed by atoms with E-state index in [1.165, 1.54) is 0 Å². The summed E-state index contributed by atoms with van der Waals surface area (Å²) >= 11 is 0. The number of carbonyl (C=O) groups is 1. The minimum absolute atomic E-state index is 0.177. The maximum atomic E-state index is 11.7. The van der Waals surface area contributed by atoms with Crippen molar-refractivity contribution in [1.82, 2.24) is 9.97 Å². The fraction of sp³-hybridized carbons (Fsp3) is 0.200. The summed E-state index contributed by atoms with van der Waals surface area (Å²) in [7, 11) is 0. The molecule has 0 saturated carbocycles. The largest absolute Gasteiger partial charge is 0.384 e. The Bertz CT molecular complexity index is 515. The van der Waals surface area contributed by atoms with Crippen molar-refractivity contribution in [1.29, 1.82) is 0 Å². The van der Waals surface area contributed by atoms with E-state index in [0.29, 0.717) is 6.42 Å². The number of aromatic amines is 1. The predicted molar refractivity (Wildman–Crippen MR) is 53.5 cm³/mol. The standard InChI is InChI=1S/C10H9N3O/c14-8-3-4-11-6-1-2-7-10(9(6)8)13-5-12-7/h1-2,5,11H,3-4H2,(H,12,13). The molecule has 0 unspecified atom stereocenters. The van der Waals surface area contributed by atoms with Crippen molar-refractivity contribution >= 4 is 22.5 Å². The summed E-state index contributed by atoms with van der Waals surface area (Å²) < 4.78 is 0. The molecule has 2 N–H and O–H groups in total. The van der Waals surface area contributed by atoms with Crippen molar-refractivity contribution < 1.29 is 4.79 Å². The van der Waals surface area contributed by atoms with Gasteiger partial charge in [-0.3, -0.25) is 4.79 Å². The van der Waals surface area contributed by atoms with Gasteiger partial charge in [-0.2, -0.15) is 0 Å². The lowest BCUT2D eigenvalue weighted by Gasteiger charge is -2.16. The summed E-state index contributed by atoms with van der Waals surface area (Å²) in [6.07, 6.45) is 2.17. The second-order valence-electron chi connectivity index (χ2n) is 3.39. The molecule has 0 bridgehead atoms. The Balaban J connectivity index is 2.41. The second-order valence-corrected chi connectivity index (χ2v) is 3.39. The number of nitrogens with zero attached hydrogens (tertiary/aromatic N) is 1. The fourth-order valence-electron chi connectivity index (χ4n) is 1.87. The van der Waals surface area contributed by atoms with Gasteiger partial charge in [-0.15, -0.1) is 0 Å². The highest BCUT2D eigenvalue weighted by Crippen LogP contribution is 2.27. The van der Waals surface area contributed by atoms with Crippen LogP contribution in [0.2, 0.25) is 0 Å². The third-order valence-electron chi connectivity index (χ3n) is 2.54. The molecule has 1 aromatic heterocycles. The van der Waals surface area contributed by atoms with Gasteiger partial charge in [-0.05, 0) is 12.1 Å². The van der Waals surface area contributed by atoms with E-state index in [9.17, 15) is 4.79 Å². The van der Waals surface area contributed by atoms with Crippen molar-refractivity contribution in [2.45, 2.75) is 6.42 Å². The summed E-state index contributed by atoms with van der Waals surface area (Å²) in [5, 5.41) is 3.20. The number of Topliss-reactive ketones (excluding diaryl/α,β-unsaturated/α-hetero) is 1. The Morgan fingerprint density at radius 1 is 1.36 bits per heavy atom. The van der Waals surface area contributed by atoms with Crippen molar-refractivity contribution in [3.63, 3.8) is 0 Å². The first-order valence-corrected chi connectivity index (χ1v) is 4.59. The summed E-state index contributed by atoms with van der Waals surface area (Å²) in [6, 6.07) is 3.86. The van der Waals surface area contributed by atoms with Crippen LogP contribution in [-0.2, 0) is 0 Å². The smallest absolute Gasteiger partial charge is 0.168 e. The maximum Gasteiger partial charge on any atom is 0.168 e. The summed E-state index contributed by atoms with van der Waals surface area (Å²) in [5.74, 6) is 0.177. The third kappa shape index (κ3) is 0.878. The number of imidazole rings is 1. The van der Waals surface area contributed by atoms with Crippen LogP contribution in [-0.4, -0.2) is 22.3 Å². The molecule has 2 aromatic rings. The van der Waals surface area contributed by atoms with Gasteiger partial charge in [0.25, 0.3) is 0 Å². The molecule has 0 spiro atoms. The number of benzene rings is 1. The molecule has 0 saturated heterocycles. The first-order valence-electron chi connectivity index (χ1n) is 4.59. The van der Waals surface area contributed by atoms with Crippen LogP contribution < -0.4 is 5.32 Å². The Labute approximate surface area is 80.3 Å². The normalized spacial score (nSPS) is 15.3. The number of carbonyl (C=O) groups excluding carboxylic acids is 1. The highest BCUT2D eigenvalue weighted by atomic mass is 16.1. The molecule has 1 aromatic carbocycles. The lowest BCUT2D eigenvalue weighted by atomic mass is 10.0. The van der Waals surface area contributed by atoms with Crippen LogP contribution in [0, 0.1) is 0 Å². The van der Waals surface area contributed by atoms with Crippen LogP contribution in [0.4, 0.5) is 5.69 Å². The average Bonchev–Trinajstić information content (AvgIpc) is 2.65. The van der Waals surface area contributed by atoms with E-state index in [4.69, 9.17) is 0 Å². The molecule has 1 aliphatic rings. The van der Waals surface area contributed by atoms with E-state index in [1.807, 2.05) is 12.1 Å². The molecule has 14 heavy (non-hydrogen) atoms. The Hall–Kier alpha value is -1.84. The number of rotatable bonds is 0. The van der Waals surface area contributed by atoms with Crippen LogP contribution >= 0.6 is 0 Å².